The van der Waals surface area contributed by atoms with Crippen molar-refractivity contribution in [1.29, 1.82) is 0 Å². The molecule has 20 heavy (non-hydrogen) atoms. The number of carbonyl (C=O) groups is 1. The lowest BCUT2D eigenvalue weighted by atomic mass is 10.1. The van der Waals surface area contributed by atoms with Crippen molar-refractivity contribution in [3.8, 4) is 0 Å². The summed E-state index contributed by atoms with van der Waals surface area (Å²) in [7, 11) is 0. The average Bonchev–Trinajstić information content (AvgIpc) is 2.48. The van der Waals surface area contributed by atoms with Crippen molar-refractivity contribution < 1.29 is 14.3 Å². The molecule has 3 nitrogen and oxygen atoms in total. The third kappa shape index (κ3) is 3.22. The number of amides is 1. The minimum absolute atomic E-state index is 0.218. The summed E-state index contributed by atoms with van der Waals surface area (Å²) in [6, 6.07) is 13.0. The quantitative estimate of drug-likeness (QED) is 0.899. The van der Waals surface area contributed by atoms with Crippen molar-refractivity contribution in [3.63, 3.8) is 0 Å². The van der Waals surface area contributed by atoms with E-state index in [1.807, 2.05) is 30.3 Å². The summed E-state index contributed by atoms with van der Waals surface area (Å²) in [6.45, 7) is 1.42. The van der Waals surface area contributed by atoms with Gasteiger partial charge in [0.1, 0.15) is 5.82 Å². The van der Waals surface area contributed by atoms with E-state index in [0.717, 1.165) is 5.56 Å². The molecule has 0 saturated carbocycles. The number of hydrogen-bond donors (Lipinski definition) is 2. The first-order valence-corrected chi connectivity index (χ1v) is 6.34. The second-order valence-corrected chi connectivity index (χ2v) is 4.58. The van der Waals surface area contributed by atoms with Gasteiger partial charge in [-0.15, -0.1) is 0 Å². The molecular formula is C16H16FNO2. The number of halogens is 1. The van der Waals surface area contributed by atoms with Crippen LogP contribution >= 0.6 is 0 Å². The number of aliphatic hydroxyl groups excluding tert-OH is 1. The third-order valence-corrected chi connectivity index (χ3v) is 3.12. The van der Waals surface area contributed by atoms with Crippen molar-refractivity contribution in [3.05, 3.63) is 71.0 Å². The van der Waals surface area contributed by atoms with Gasteiger partial charge in [0.2, 0.25) is 0 Å². The van der Waals surface area contributed by atoms with E-state index in [9.17, 15) is 14.3 Å². The topological polar surface area (TPSA) is 49.3 Å². The Morgan fingerprint density at radius 2 is 1.95 bits per heavy atom. The Labute approximate surface area is 117 Å². The molecular weight excluding hydrogens is 257 g/mol. The molecule has 0 aliphatic rings. The smallest absolute Gasteiger partial charge is 0.251 e. The van der Waals surface area contributed by atoms with Crippen LogP contribution in [0.3, 0.4) is 0 Å². The first kappa shape index (κ1) is 14.2. The number of rotatable bonds is 4. The lowest BCUT2D eigenvalue weighted by molar-refractivity contribution is 0.0915. The van der Waals surface area contributed by atoms with Crippen molar-refractivity contribution >= 4 is 5.91 Å². The maximum atomic E-state index is 13.5. The maximum absolute atomic E-state index is 13.5. The molecule has 2 rings (SSSR count). The van der Waals surface area contributed by atoms with Gasteiger partial charge < -0.3 is 10.4 Å². The molecule has 0 saturated heterocycles. The van der Waals surface area contributed by atoms with Gasteiger partial charge in [-0.05, 0) is 30.2 Å². The van der Waals surface area contributed by atoms with Gasteiger partial charge in [0.25, 0.3) is 5.91 Å². The van der Waals surface area contributed by atoms with Gasteiger partial charge in [0.15, 0.2) is 0 Å². The second-order valence-electron chi connectivity index (χ2n) is 4.58. The predicted octanol–water partition coefficient (Wildman–Crippen LogP) is 2.60. The molecule has 1 atom stereocenters. The Kier molecular flexibility index (Phi) is 4.48. The van der Waals surface area contributed by atoms with Gasteiger partial charge in [-0.3, -0.25) is 4.79 Å². The summed E-state index contributed by atoms with van der Waals surface area (Å²) >= 11 is 0. The second kappa shape index (κ2) is 6.30. The SMILES string of the molecule is Cc1ccc(C(=O)N[C@H](CO)c2ccccc2)cc1F. The van der Waals surface area contributed by atoms with Crippen LogP contribution in [0, 0.1) is 12.7 Å². The zero-order valence-corrected chi connectivity index (χ0v) is 11.1. The lowest BCUT2D eigenvalue weighted by Crippen LogP contribution is -2.30. The highest BCUT2D eigenvalue weighted by atomic mass is 19.1. The molecule has 0 spiro atoms. The molecule has 104 valence electrons. The van der Waals surface area contributed by atoms with E-state index in [2.05, 4.69) is 5.32 Å². The number of carbonyl (C=O) groups excluding carboxylic acids is 1. The van der Waals surface area contributed by atoms with Crippen LogP contribution in [0.2, 0.25) is 0 Å². The number of benzene rings is 2. The number of aliphatic hydroxyl groups is 1. The lowest BCUT2D eigenvalue weighted by Gasteiger charge is -2.16. The largest absolute Gasteiger partial charge is 0.394 e. The standard InChI is InChI=1S/C16H16FNO2/c1-11-7-8-13(9-14(11)17)16(20)18-15(10-19)12-5-3-2-4-6-12/h2-9,15,19H,10H2,1H3,(H,18,20)/t15-/m1/s1. The maximum Gasteiger partial charge on any atom is 0.251 e. The van der Waals surface area contributed by atoms with Crippen LogP contribution in [-0.4, -0.2) is 17.6 Å². The highest BCUT2D eigenvalue weighted by Crippen LogP contribution is 2.14. The van der Waals surface area contributed by atoms with Crippen molar-refractivity contribution in [2.24, 2.45) is 0 Å². The van der Waals surface area contributed by atoms with E-state index in [1.54, 1.807) is 19.1 Å². The summed E-state index contributed by atoms with van der Waals surface area (Å²) in [5.41, 5.74) is 1.53. The monoisotopic (exact) mass is 273 g/mol. The van der Waals surface area contributed by atoms with E-state index in [-0.39, 0.29) is 12.2 Å². The molecule has 4 heteroatoms. The normalized spacial score (nSPS) is 11.9. The van der Waals surface area contributed by atoms with Gasteiger partial charge in [-0.1, -0.05) is 36.4 Å². The van der Waals surface area contributed by atoms with Crippen LogP contribution in [0.25, 0.3) is 0 Å². The van der Waals surface area contributed by atoms with Gasteiger partial charge in [-0.25, -0.2) is 4.39 Å². The molecule has 0 radical (unpaired) electrons. The van der Waals surface area contributed by atoms with E-state index in [0.29, 0.717) is 5.56 Å². The molecule has 0 aliphatic heterocycles. The number of aryl methyl sites for hydroxylation is 1. The van der Waals surface area contributed by atoms with Crippen LogP contribution in [0.5, 0.6) is 0 Å². The molecule has 0 unspecified atom stereocenters. The van der Waals surface area contributed by atoms with E-state index in [1.165, 1.54) is 6.07 Å². The van der Waals surface area contributed by atoms with E-state index >= 15 is 0 Å². The number of nitrogens with one attached hydrogen (secondary N) is 1. The molecule has 0 heterocycles. The Morgan fingerprint density at radius 1 is 1.25 bits per heavy atom. The van der Waals surface area contributed by atoms with Gasteiger partial charge >= 0.3 is 0 Å². The molecule has 0 aliphatic carbocycles. The molecule has 0 aromatic heterocycles. The summed E-state index contributed by atoms with van der Waals surface area (Å²) < 4.78 is 13.5. The Bertz CT molecular complexity index is 599. The summed E-state index contributed by atoms with van der Waals surface area (Å²) in [6.07, 6.45) is 0. The Hall–Kier alpha value is -2.20. The van der Waals surface area contributed by atoms with Crippen LogP contribution in [0.1, 0.15) is 27.5 Å². The zero-order valence-electron chi connectivity index (χ0n) is 11.1. The van der Waals surface area contributed by atoms with Gasteiger partial charge in [-0.2, -0.15) is 0 Å². The Balaban J connectivity index is 2.15. The van der Waals surface area contributed by atoms with Crippen molar-refractivity contribution in [2.45, 2.75) is 13.0 Å². The van der Waals surface area contributed by atoms with E-state index in [4.69, 9.17) is 0 Å². The molecule has 1 amide bonds. The molecule has 2 N–H and O–H groups in total. The van der Waals surface area contributed by atoms with Crippen LogP contribution < -0.4 is 5.32 Å². The molecule has 0 bridgehead atoms. The minimum Gasteiger partial charge on any atom is -0.394 e. The highest BCUT2D eigenvalue weighted by molar-refractivity contribution is 5.94. The van der Waals surface area contributed by atoms with Gasteiger partial charge in [0.05, 0.1) is 12.6 Å². The summed E-state index contributed by atoms with van der Waals surface area (Å²) in [5.74, 6) is -0.829. The molecule has 2 aromatic rings. The first-order valence-electron chi connectivity index (χ1n) is 6.34. The van der Waals surface area contributed by atoms with Crippen molar-refractivity contribution in [1.82, 2.24) is 5.32 Å². The summed E-state index contributed by atoms with van der Waals surface area (Å²) in [4.78, 5) is 12.1. The summed E-state index contributed by atoms with van der Waals surface area (Å²) in [5, 5.41) is 12.1. The minimum atomic E-state index is -0.506. The zero-order chi connectivity index (χ0) is 14.5. The Morgan fingerprint density at radius 3 is 2.55 bits per heavy atom. The van der Waals surface area contributed by atoms with Crippen molar-refractivity contribution in [2.75, 3.05) is 6.61 Å². The third-order valence-electron chi connectivity index (χ3n) is 3.12. The fourth-order valence-corrected chi connectivity index (χ4v) is 1.90. The fraction of sp³-hybridized carbons (Fsp3) is 0.188. The number of hydrogen-bond acceptors (Lipinski definition) is 2. The molecule has 0 fully saturated rings. The highest BCUT2D eigenvalue weighted by Gasteiger charge is 2.15. The molecule has 2 aromatic carbocycles. The van der Waals surface area contributed by atoms with Crippen LogP contribution in [0.15, 0.2) is 48.5 Å². The van der Waals surface area contributed by atoms with Crippen LogP contribution in [0.4, 0.5) is 4.39 Å². The fourth-order valence-electron chi connectivity index (χ4n) is 1.90. The average molecular weight is 273 g/mol. The van der Waals surface area contributed by atoms with E-state index < -0.39 is 17.8 Å². The first-order chi connectivity index (χ1) is 9.61. The van der Waals surface area contributed by atoms with Crippen LogP contribution in [-0.2, 0) is 0 Å². The van der Waals surface area contributed by atoms with Gasteiger partial charge in [0, 0.05) is 5.56 Å². The predicted molar refractivity (Wildman–Crippen MR) is 74.9 cm³/mol.